The SMILES string of the molecule is CNCCCCCCCCCCCCCCCCCCO. The fraction of sp³-hybridized carbons (Fsp3) is 1.00. The lowest BCUT2D eigenvalue weighted by Gasteiger charge is -2.03. The maximum Gasteiger partial charge on any atom is 0.0431 e. The van der Waals surface area contributed by atoms with Crippen molar-refractivity contribution in [1.29, 1.82) is 0 Å². The molecule has 0 heterocycles. The van der Waals surface area contributed by atoms with E-state index in [4.69, 9.17) is 5.11 Å². The van der Waals surface area contributed by atoms with E-state index in [1.807, 2.05) is 7.05 Å². The van der Waals surface area contributed by atoms with Gasteiger partial charge in [-0.25, -0.2) is 0 Å². The molecule has 0 aromatic rings. The zero-order valence-corrected chi connectivity index (χ0v) is 14.7. The topological polar surface area (TPSA) is 32.3 Å². The van der Waals surface area contributed by atoms with Crippen molar-refractivity contribution in [2.24, 2.45) is 0 Å². The van der Waals surface area contributed by atoms with Gasteiger partial charge in [-0.2, -0.15) is 0 Å². The van der Waals surface area contributed by atoms with Crippen molar-refractivity contribution >= 4 is 0 Å². The van der Waals surface area contributed by atoms with Crippen LogP contribution >= 0.6 is 0 Å². The Bertz CT molecular complexity index is 155. The minimum Gasteiger partial charge on any atom is -0.396 e. The number of aliphatic hydroxyl groups is 1. The number of hydrogen-bond acceptors (Lipinski definition) is 2. The monoisotopic (exact) mass is 299 g/mol. The van der Waals surface area contributed by atoms with Crippen molar-refractivity contribution in [3.63, 3.8) is 0 Å². The predicted molar refractivity (Wildman–Crippen MR) is 94.9 cm³/mol. The average molecular weight is 300 g/mol. The van der Waals surface area contributed by atoms with Gasteiger partial charge in [0.2, 0.25) is 0 Å². The summed E-state index contributed by atoms with van der Waals surface area (Å²) in [4.78, 5) is 0. The van der Waals surface area contributed by atoms with Crippen molar-refractivity contribution in [1.82, 2.24) is 5.32 Å². The lowest BCUT2D eigenvalue weighted by Crippen LogP contribution is -2.06. The van der Waals surface area contributed by atoms with Crippen LogP contribution in [0.5, 0.6) is 0 Å². The summed E-state index contributed by atoms with van der Waals surface area (Å²) in [6.07, 6.45) is 22.0. The molecule has 0 aliphatic rings. The summed E-state index contributed by atoms with van der Waals surface area (Å²) in [6.45, 7) is 1.55. The molecule has 0 amide bonds. The molecule has 0 aliphatic carbocycles. The smallest absolute Gasteiger partial charge is 0.0431 e. The van der Waals surface area contributed by atoms with Gasteiger partial charge >= 0.3 is 0 Å². The van der Waals surface area contributed by atoms with Crippen LogP contribution in [0.1, 0.15) is 103 Å². The van der Waals surface area contributed by atoms with Crippen molar-refractivity contribution < 1.29 is 5.11 Å². The van der Waals surface area contributed by atoms with Crippen LogP contribution in [-0.4, -0.2) is 25.3 Å². The Labute approximate surface area is 134 Å². The second-order valence-electron chi connectivity index (χ2n) is 6.48. The molecule has 21 heavy (non-hydrogen) atoms. The highest BCUT2D eigenvalue weighted by molar-refractivity contribution is 4.50. The first kappa shape index (κ1) is 20.9. The molecule has 0 bridgehead atoms. The Morgan fingerprint density at radius 1 is 0.476 bits per heavy atom. The van der Waals surface area contributed by atoms with Crippen LogP contribution in [0.2, 0.25) is 0 Å². The van der Waals surface area contributed by atoms with Crippen LogP contribution in [-0.2, 0) is 0 Å². The molecule has 0 aromatic carbocycles. The largest absolute Gasteiger partial charge is 0.396 e. The first-order valence-electron chi connectivity index (χ1n) is 9.67. The first-order valence-corrected chi connectivity index (χ1v) is 9.67. The highest BCUT2D eigenvalue weighted by atomic mass is 16.2. The van der Waals surface area contributed by atoms with Gasteiger partial charge in [-0.15, -0.1) is 0 Å². The van der Waals surface area contributed by atoms with Gasteiger partial charge in [0.05, 0.1) is 0 Å². The second-order valence-corrected chi connectivity index (χ2v) is 6.48. The van der Waals surface area contributed by atoms with Crippen LogP contribution in [0.25, 0.3) is 0 Å². The van der Waals surface area contributed by atoms with Gasteiger partial charge in [0.15, 0.2) is 0 Å². The molecule has 0 aliphatic heterocycles. The molecule has 2 nitrogen and oxygen atoms in total. The Balaban J connectivity index is 2.90. The molecule has 0 fully saturated rings. The minimum atomic E-state index is 0.371. The fourth-order valence-electron chi connectivity index (χ4n) is 2.89. The van der Waals surface area contributed by atoms with E-state index in [0.717, 1.165) is 6.42 Å². The Morgan fingerprint density at radius 3 is 1.05 bits per heavy atom. The van der Waals surface area contributed by atoms with E-state index in [2.05, 4.69) is 5.32 Å². The van der Waals surface area contributed by atoms with E-state index in [1.165, 1.54) is 103 Å². The summed E-state index contributed by atoms with van der Waals surface area (Å²) < 4.78 is 0. The van der Waals surface area contributed by atoms with Crippen LogP contribution in [0, 0.1) is 0 Å². The lowest BCUT2D eigenvalue weighted by atomic mass is 10.0. The average Bonchev–Trinajstić information content (AvgIpc) is 2.50. The molecule has 2 N–H and O–H groups in total. The van der Waals surface area contributed by atoms with E-state index < -0.39 is 0 Å². The number of rotatable bonds is 18. The fourth-order valence-corrected chi connectivity index (χ4v) is 2.89. The van der Waals surface area contributed by atoms with Gasteiger partial charge in [0, 0.05) is 6.61 Å². The van der Waals surface area contributed by atoms with Gasteiger partial charge in [-0.3, -0.25) is 0 Å². The van der Waals surface area contributed by atoms with Crippen molar-refractivity contribution in [3.8, 4) is 0 Å². The molecule has 0 saturated heterocycles. The third-order valence-corrected chi connectivity index (χ3v) is 4.33. The molecule has 0 aromatic heterocycles. The third-order valence-electron chi connectivity index (χ3n) is 4.33. The van der Waals surface area contributed by atoms with Gasteiger partial charge in [0.1, 0.15) is 0 Å². The van der Waals surface area contributed by atoms with Crippen molar-refractivity contribution in [2.45, 2.75) is 103 Å². The molecular weight excluding hydrogens is 258 g/mol. The summed E-state index contributed by atoms with van der Waals surface area (Å²) in [5.74, 6) is 0. The van der Waals surface area contributed by atoms with E-state index in [1.54, 1.807) is 0 Å². The van der Waals surface area contributed by atoms with E-state index in [-0.39, 0.29) is 0 Å². The first-order chi connectivity index (χ1) is 10.4. The molecule has 0 unspecified atom stereocenters. The van der Waals surface area contributed by atoms with Crippen molar-refractivity contribution in [3.05, 3.63) is 0 Å². The van der Waals surface area contributed by atoms with Crippen molar-refractivity contribution in [2.75, 3.05) is 20.2 Å². The third kappa shape index (κ3) is 19.9. The highest BCUT2D eigenvalue weighted by Gasteiger charge is 1.94. The zero-order valence-electron chi connectivity index (χ0n) is 14.7. The Morgan fingerprint density at radius 2 is 0.762 bits per heavy atom. The van der Waals surface area contributed by atoms with Crippen LogP contribution in [0.4, 0.5) is 0 Å². The number of nitrogens with one attached hydrogen (secondary N) is 1. The van der Waals surface area contributed by atoms with E-state index >= 15 is 0 Å². The number of unbranched alkanes of at least 4 members (excludes halogenated alkanes) is 15. The van der Waals surface area contributed by atoms with E-state index in [9.17, 15) is 0 Å². The maximum absolute atomic E-state index is 8.69. The number of hydrogen-bond donors (Lipinski definition) is 2. The van der Waals surface area contributed by atoms with Crippen LogP contribution in [0.15, 0.2) is 0 Å². The Hall–Kier alpha value is -0.0800. The molecule has 0 spiro atoms. The van der Waals surface area contributed by atoms with Gasteiger partial charge < -0.3 is 10.4 Å². The molecule has 128 valence electrons. The van der Waals surface area contributed by atoms with Crippen LogP contribution in [0.3, 0.4) is 0 Å². The van der Waals surface area contributed by atoms with E-state index in [0.29, 0.717) is 6.61 Å². The lowest BCUT2D eigenvalue weighted by molar-refractivity contribution is 0.282. The van der Waals surface area contributed by atoms with Gasteiger partial charge in [-0.05, 0) is 26.4 Å². The van der Waals surface area contributed by atoms with Crippen LogP contribution < -0.4 is 5.32 Å². The molecular formula is C19H41NO. The van der Waals surface area contributed by atoms with Gasteiger partial charge in [-0.1, -0.05) is 89.9 Å². The number of aliphatic hydroxyl groups excluding tert-OH is 1. The zero-order chi connectivity index (χ0) is 15.4. The summed E-state index contributed by atoms with van der Waals surface area (Å²) in [5, 5.41) is 11.9. The molecule has 0 saturated carbocycles. The maximum atomic E-state index is 8.69. The summed E-state index contributed by atoms with van der Waals surface area (Å²) in [7, 11) is 2.04. The quantitative estimate of drug-likeness (QED) is 0.330. The second kappa shape index (κ2) is 19.9. The minimum absolute atomic E-state index is 0.371. The molecule has 0 atom stereocenters. The standard InChI is InChI=1S/C19H41NO/c1-20-18-16-14-12-10-8-6-4-2-3-5-7-9-11-13-15-17-19-21/h20-21H,2-19H2,1H3. The molecule has 0 radical (unpaired) electrons. The van der Waals surface area contributed by atoms with Gasteiger partial charge in [0.25, 0.3) is 0 Å². The molecule has 2 heteroatoms. The summed E-state index contributed by atoms with van der Waals surface area (Å²) in [5.41, 5.74) is 0. The summed E-state index contributed by atoms with van der Waals surface area (Å²) >= 11 is 0. The summed E-state index contributed by atoms with van der Waals surface area (Å²) in [6, 6.07) is 0. The highest BCUT2D eigenvalue weighted by Crippen LogP contribution is 2.13. The Kier molecular flexibility index (Phi) is 19.8. The predicted octanol–water partition coefficient (Wildman–Crippen LogP) is 5.44. The molecule has 0 rings (SSSR count). The normalized spacial score (nSPS) is 11.1.